The summed E-state index contributed by atoms with van der Waals surface area (Å²) in [4.78, 5) is 6.81. The minimum Gasteiger partial charge on any atom is -0.381 e. The van der Waals surface area contributed by atoms with Gasteiger partial charge in [0.15, 0.2) is 5.96 Å². The minimum absolute atomic E-state index is 0. The maximum absolute atomic E-state index is 5.57. The molecule has 1 saturated heterocycles. The van der Waals surface area contributed by atoms with Crippen LogP contribution in [0.5, 0.6) is 0 Å². The third-order valence-electron chi connectivity index (χ3n) is 5.40. The molecule has 3 rings (SSSR count). The normalized spacial score (nSPS) is 20.1. The van der Waals surface area contributed by atoms with Gasteiger partial charge < -0.3 is 19.5 Å². The zero-order chi connectivity index (χ0) is 18.2. The number of aryl methyl sites for hydroxylation is 2. The van der Waals surface area contributed by atoms with Crippen LogP contribution in [0.25, 0.3) is 0 Å². The molecule has 1 aromatic rings. The average Bonchev–Trinajstić information content (AvgIpc) is 3.21. The first-order valence-electron chi connectivity index (χ1n) is 10.3. The summed E-state index contributed by atoms with van der Waals surface area (Å²) < 4.78 is 7.92. The lowest BCUT2D eigenvalue weighted by atomic mass is 10.1. The van der Waals surface area contributed by atoms with Crippen LogP contribution in [-0.2, 0) is 24.1 Å². The van der Waals surface area contributed by atoms with Gasteiger partial charge in [0.05, 0.1) is 6.61 Å². The lowest BCUT2D eigenvalue weighted by molar-refractivity contribution is 0.114. The van der Waals surface area contributed by atoms with Crippen LogP contribution in [0, 0.1) is 5.92 Å². The number of fused-ring (bicyclic) bond motifs is 1. The number of hydrogen-bond acceptors (Lipinski definition) is 4. The summed E-state index contributed by atoms with van der Waals surface area (Å²) in [6, 6.07) is 0. The molecule has 0 saturated carbocycles. The van der Waals surface area contributed by atoms with E-state index in [1.54, 1.807) is 0 Å². The Balaban J connectivity index is 0.00000261. The van der Waals surface area contributed by atoms with Crippen molar-refractivity contribution in [2.75, 3.05) is 39.9 Å². The molecular weight excluding hydrogens is 455 g/mol. The van der Waals surface area contributed by atoms with Gasteiger partial charge in [-0.3, -0.25) is 4.99 Å². The van der Waals surface area contributed by atoms with E-state index >= 15 is 0 Å². The molecule has 1 fully saturated rings. The van der Waals surface area contributed by atoms with Gasteiger partial charge in [0.1, 0.15) is 11.6 Å². The summed E-state index contributed by atoms with van der Waals surface area (Å²) in [6.45, 7) is 7.83. The van der Waals surface area contributed by atoms with Crippen LogP contribution in [-0.4, -0.2) is 65.5 Å². The molecule has 1 aromatic heterocycles. The standard InChI is InChI=1S/C19H34N6O.HI/c1-3-26-15-16-10-13-24(14-16)19(20-2)21-11-7-9-18-23-22-17-8-5-4-6-12-25(17)18;/h16H,3-15H2,1-2H3,(H,20,21);1H. The predicted molar refractivity (Wildman–Crippen MR) is 119 cm³/mol. The number of likely N-dealkylation sites (tertiary alicyclic amines) is 1. The Morgan fingerprint density at radius 3 is 2.96 bits per heavy atom. The Morgan fingerprint density at radius 1 is 1.26 bits per heavy atom. The van der Waals surface area contributed by atoms with Crippen molar-refractivity contribution in [3.63, 3.8) is 0 Å². The second-order valence-corrected chi connectivity index (χ2v) is 7.33. The zero-order valence-electron chi connectivity index (χ0n) is 16.8. The number of hydrogen-bond donors (Lipinski definition) is 1. The Bertz CT molecular complexity index is 591. The lowest BCUT2D eigenvalue weighted by Crippen LogP contribution is -2.40. The Hall–Kier alpha value is -0.900. The highest BCUT2D eigenvalue weighted by molar-refractivity contribution is 14.0. The Morgan fingerprint density at radius 2 is 2.15 bits per heavy atom. The van der Waals surface area contributed by atoms with Gasteiger partial charge >= 0.3 is 0 Å². The minimum atomic E-state index is 0. The molecular formula is C19H35IN6O. The molecule has 2 aliphatic heterocycles. The number of nitrogens with one attached hydrogen (secondary N) is 1. The van der Waals surface area contributed by atoms with Gasteiger partial charge in [-0.1, -0.05) is 6.42 Å². The van der Waals surface area contributed by atoms with E-state index in [1.165, 1.54) is 31.5 Å². The van der Waals surface area contributed by atoms with E-state index in [2.05, 4.69) is 36.9 Å². The molecule has 3 heterocycles. The molecule has 2 aliphatic rings. The summed E-state index contributed by atoms with van der Waals surface area (Å²) in [7, 11) is 1.87. The van der Waals surface area contributed by atoms with Gasteiger partial charge in [0.25, 0.3) is 0 Å². The molecule has 0 amide bonds. The van der Waals surface area contributed by atoms with E-state index in [9.17, 15) is 0 Å². The number of rotatable bonds is 7. The highest BCUT2D eigenvalue weighted by Gasteiger charge is 2.24. The van der Waals surface area contributed by atoms with Crippen molar-refractivity contribution in [3.05, 3.63) is 11.6 Å². The molecule has 0 aliphatic carbocycles. The van der Waals surface area contributed by atoms with E-state index < -0.39 is 0 Å². The summed E-state index contributed by atoms with van der Waals surface area (Å²) >= 11 is 0. The maximum Gasteiger partial charge on any atom is 0.193 e. The summed E-state index contributed by atoms with van der Waals surface area (Å²) in [6.07, 6.45) is 8.09. The molecule has 154 valence electrons. The van der Waals surface area contributed by atoms with E-state index in [0.29, 0.717) is 5.92 Å². The third kappa shape index (κ3) is 6.30. The lowest BCUT2D eigenvalue weighted by Gasteiger charge is -2.21. The molecule has 0 radical (unpaired) electrons. The fraction of sp³-hybridized carbons (Fsp3) is 0.842. The first-order valence-corrected chi connectivity index (χ1v) is 10.3. The highest BCUT2D eigenvalue weighted by atomic mass is 127. The SMILES string of the molecule is CCOCC1CCN(C(=NC)NCCCc2nnc3n2CCCCC3)C1.I. The fourth-order valence-corrected chi connectivity index (χ4v) is 3.95. The monoisotopic (exact) mass is 490 g/mol. The van der Waals surface area contributed by atoms with Gasteiger partial charge in [-0.05, 0) is 32.6 Å². The molecule has 1 unspecified atom stereocenters. The van der Waals surface area contributed by atoms with Crippen molar-refractivity contribution >= 4 is 29.9 Å². The van der Waals surface area contributed by atoms with Crippen molar-refractivity contribution in [1.29, 1.82) is 0 Å². The van der Waals surface area contributed by atoms with E-state index in [0.717, 1.165) is 70.4 Å². The van der Waals surface area contributed by atoms with Gasteiger partial charge in [-0.15, -0.1) is 34.2 Å². The van der Waals surface area contributed by atoms with Crippen LogP contribution in [0.3, 0.4) is 0 Å². The highest BCUT2D eigenvalue weighted by Crippen LogP contribution is 2.17. The quantitative estimate of drug-likeness (QED) is 0.275. The van der Waals surface area contributed by atoms with Gasteiger partial charge in [0, 0.05) is 58.6 Å². The summed E-state index contributed by atoms with van der Waals surface area (Å²) in [5, 5.41) is 12.3. The van der Waals surface area contributed by atoms with Gasteiger partial charge in [-0.2, -0.15) is 0 Å². The van der Waals surface area contributed by atoms with Crippen molar-refractivity contribution in [1.82, 2.24) is 25.0 Å². The largest absolute Gasteiger partial charge is 0.381 e. The first-order chi connectivity index (χ1) is 12.8. The molecule has 7 nitrogen and oxygen atoms in total. The van der Waals surface area contributed by atoms with Crippen LogP contribution >= 0.6 is 24.0 Å². The second kappa shape index (κ2) is 11.8. The number of guanidine groups is 1. The smallest absolute Gasteiger partial charge is 0.193 e. The van der Waals surface area contributed by atoms with E-state index in [-0.39, 0.29) is 24.0 Å². The number of aliphatic imine (C=N–C) groups is 1. The number of nitrogens with zero attached hydrogens (tertiary/aromatic N) is 5. The molecule has 0 spiro atoms. The number of aromatic nitrogens is 3. The predicted octanol–water partition coefficient (Wildman–Crippen LogP) is 2.49. The molecule has 1 atom stereocenters. The van der Waals surface area contributed by atoms with Gasteiger partial charge in [-0.25, -0.2) is 0 Å². The zero-order valence-corrected chi connectivity index (χ0v) is 19.2. The topological polar surface area (TPSA) is 67.6 Å². The van der Waals surface area contributed by atoms with Crippen LogP contribution < -0.4 is 5.32 Å². The molecule has 27 heavy (non-hydrogen) atoms. The average molecular weight is 490 g/mol. The van der Waals surface area contributed by atoms with E-state index in [4.69, 9.17) is 4.74 Å². The fourth-order valence-electron chi connectivity index (χ4n) is 3.95. The van der Waals surface area contributed by atoms with Crippen LogP contribution in [0.2, 0.25) is 0 Å². The Labute approximate surface area is 180 Å². The van der Waals surface area contributed by atoms with Crippen LogP contribution in [0.4, 0.5) is 0 Å². The second-order valence-electron chi connectivity index (χ2n) is 7.33. The van der Waals surface area contributed by atoms with Crippen molar-refractivity contribution in [2.24, 2.45) is 10.9 Å². The van der Waals surface area contributed by atoms with Gasteiger partial charge in [0.2, 0.25) is 0 Å². The molecule has 1 N–H and O–H groups in total. The third-order valence-corrected chi connectivity index (χ3v) is 5.40. The molecule has 8 heteroatoms. The van der Waals surface area contributed by atoms with E-state index in [1.807, 2.05) is 7.05 Å². The Kier molecular flexibility index (Phi) is 9.81. The number of halogens is 1. The van der Waals surface area contributed by atoms with Crippen molar-refractivity contribution < 1.29 is 4.74 Å². The summed E-state index contributed by atoms with van der Waals surface area (Å²) in [5.41, 5.74) is 0. The van der Waals surface area contributed by atoms with Crippen LogP contribution in [0.15, 0.2) is 4.99 Å². The first kappa shape index (κ1) is 22.4. The number of ether oxygens (including phenoxy) is 1. The molecule has 0 aromatic carbocycles. The van der Waals surface area contributed by atoms with Crippen LogP contribution in [0.1, 0.15) is 50.7 Å². The summed E-state index contributed by atoms with van der Waals surface area (Å²) in [5.74, 6) is 3.97. The molecule has 0 bridgehead atoms. The van der Waals surface area contributed by atoms with Crippen molar-refractivity contribution in [2.45, 2.75) is 58.4 Å². The van der Waals surface area contributed by atoms with Crippen molar-refractivity contribution in [3.8, 4) is 0 Å². The maximum atomic E-state index is 5.57.